The molecule has 1 heterocycles. The van der Waals surface area contributed by atoms with Gasteiger partial charge in [-0.2, -0.15) is 0 Å². The third-order valence-electron chi connectivity index (χ3n) is 5.61. The number of hydrogen-bond acceptors (Lipinski definition) is 4. The van der Waals surface area contributed by atoms with Crippen LogP contribution in [0.25, 0.3) is 6.08 Å². The maximum Gasteiger partial charge on any atom is 0.328 e. The molecule has 1 aliphatic heterocycles. The maximum atomic E-state index is 11.0. The highest BCUT2D eigenvalue weighted by Gasteiger charge is 2.33. The minimum atomic E-state index is -0.951. The van der Waals surface area contributed by atoms with Crippen LogP contribution in [-0.2, 0) is 4.79 Å². The van der Waals surface area contributed by atoms with Crippen molar-refractivity contribution in [2.45, 2.75) is 16.7 Å². The largest absolute Gasteiger partial charge is 0.497 e. The molecule has 0 saturated carbocycles. The van der Waals surface area contributed by atoms with E-state index in [9.17, 15) is 4.79 Å². The molecule has 31 heavy (non-hydrogen) atoms. The van der Waals surface area contributed by atoms with Crippen molar-refractivity contribution in [2.24, 2.45) is 0 Å². The Bertz CT molecular complexity index is 1100. The quantitative estimate of drug-likeness (QED) is 0.497. The van der Waals surface area contributed by atoms with Crippen molar-refractivity contribution in [3.63, 3.8) is 0 Å². The summed E-state index contributed by atoms with van der Waals surface area (Å²) < 4.78 is 10.8. The normalized spacial score (nSPS) is 17.9. The highest BCUT2D eigenvalue weighted by molar-refractivity contribution is 7.99. The highest BCUT2D eigenvalue weighted by atomic mass is 32.2. The van der Waals surface area contributed by atoms with E-state index in [-0.39, 0.29) is 11.8 Å². The lowest BCUT2D eigenvalue weighted by Crippen LogP contribution is -2.20. The Kier molecular flexibility index (Phi) is 6.33. The van der Waals surface area contributed by atoms with Crippen molar-refractivity contribution in [1.29, 1.82) is 0 Å². The average Bonchev–Trinajstić information content (AvgIpc) is 2.81. The summed E-state index contributed by atoms with van der Waals surface area (Å²) in [6.45, 7) is 0. The van der Waals surface area contributed by atoms with E-state index in [1.54, 1.807) is 20.3 Å². The average molecular weight is 433 g/mol. The Morgan fingerprint density at radius 2 is 1.71 bits per heavy atom. The van der Waals surface area contributed by atoms with Crippen LogP contribution in [0.1, 0.15) is 34.1 Å². The molecule has 0 saturated heterocycles. The molecule has 1 aliphatic rings. The number of thioether (sulfide) groups is 1. The standard InChI is InChI=1S/C26H24O4S/c1-29-20-9-7-18(8-10-20)23-16-31-24-15-21(30-2)11-12-22(24)26(23)19-5-3-4-17(14-19)6-13-25(27)28/h3-15,23,26H,16H2,1-2H3,(H,27,28)/b13-6+. The van der Waals surface area contributed by atoms with Gasteiger partial charge < -0.3 is 14.6 Å². The number of fused-ring (bicyclic) bond motifs is 1. The SMILES string of the molecule is COc1ccc(C2CSc3cc(OC)ccc3C2c2cccc(/C=C/C(=O)O)c2)cc1. The number of methoxy groups -OCH3 is 2. The molecule has 5 heteroatoms. The molecule has 3 aromatic rings. The fourth-order valence-electron chi connectivity index (χ4n) is 4.09. The lowest BCUT2D eigenvalue weighted by Gasteiger charge is -2.34. The zero-order valence-electron chi connectivity index (χ0n) is 17.4. The Hall–Kier alpha value is -3.18. The molecule has 0 amide bonds. The summed E-state index contributed by atoms with van der Waals surface area (Å²) in [5, 5.41) is 8.99. The van der Waals surface area contributed by atoms with Crippen molar-refractivity contribution in [3.05, 3.63) is 95.1 Å². The number of aliphatic carboxylic acids is 1. The molecule has 0 aromatic heterocycles. The van der Waals surface area contributed by atoms with Gasteiger partial charge in [0.1, 0.15) is 11.5 Å². The molecule has 0 fully saturated rings. The van der Waals surface area contributed by atoms with E-state index < -0.39 is 5.97 Å². The van der Waals surface area contributed by atoms with Crippen LogP contribution in [0.4, 0.5) is 0 Å². The van der Waals surface area contributed by atoms with E-state index in [2.05, 4.69) is 36.4 Å². The van der Waals surface area contributed by atoms with Gasteiger partial charge in [0.25, 0.3) is 0 Å². The van der Waals surface area contributed by atoms with Crippen molar-refractivity contribution < 1.29 is 19.4 Å². The first kappa shape index (κ1) is 21.1. The van der Waals surface area contributed by atoms with Gasteiger partial charge >= 0.3 is 5.97 Å². The van der Waals surface area contributed by atoms with Gasteiger partial charge in [0, 0.05) is 28.6 Å². The van der Waals surface area contributed by atoms with E-state index in [0.717, 1.165) is 22.8 Å². The minimum absolute atomic E-state index is 0.147. The first-order valence-electron chi connectivity index (χ1n) is 10.0. The van der Waals surface area contributed by atoms with E-state index in [1.807, 2.05) is 42.1 Å². The Morgan fingerprint density at radius 3 is 2.42 bits per heavy atom. The predicted molar refractivity (Wildman–Crippen MR) is 124 cm³/mol. The lowest BCUT2D eigenvalue weighted by atomic mass is 9.77. The number of rotatable bonds is 6. The Labute approximate surface area is 186 Å². The van der Waals surface area contributed by atoms with E-state index in [1.165, 1.54) is 27.7 Å². The van der Waals surface area contributed by atoms with Crippen molar-refractivity contribution in [2.75, 3.05) is 20.0 Å². The molecule has 4 nitrogen and oxygen atoms in total. The van der Waals surface area contributed by atoms with Crippen LogP contribution in [0, 0.1) is 0 Å². The lowest BCUT2D eigenvalue weighted by molar-refractivity contribution is -0.131. The smallest absolute Gasteiger partial charge is 0.328 e. The fourth-order valence-corrected chi connectivity index (χ4v) is 5.40. The van der Waals surface area contributed by atoms with Crippen molar-refractivity contribution in [1.82, 2.24) is 0 Å². The molecular weight excluding hydrogens is 408 g/mol. The summed E-state index contributed by atoms with van der Waals surface area (Å²) in [5.74, 6) is 2.10. The monoisotopic (exact) mass is 432 g/mol. The minimum Gasteiger partial charge on any atom is -0.497 e. The van der Waals surface area contributed by atoms with Gasteiger partial charge in [0.2, 0.25) is 0 Å². The van der Waals surface area contributed by atoms with E-state index in [4.69, 9.17) is 14.6 Å². The molecule has 0 aliphatic carbocycles. The highest BCUT2D eigenvalue weighted by Crippen LogP contribution is 2.50. The third-order valence-corrected chi connectivity index (χ3v) is 6.80. The van der Waals surface area contributed by atoms with Crippen LogP contribution in [-0.4, -0.2) is 31.0 Å². The predicted octanol–water partition coefficient (Wildman–Crippen LogP) is 5.82. The Morgan fingerprint density at radius 1 is 0.968 bits per heavy atom. The topological polar surface area (TPSA) is 55.8 Å². The van der Waals surface area contributed by atoms with Crippen LogP contribution in [0.5, 0.6) is 11.5 Å². The number of carboxylic acids is 1. The van der Waals surface area contributed by atoms with Crippen LogP contribution in [0.15, 0.2) is 77.7 Å². The number of carbonyl (C=O) groups is 1. The number of ether oxygens (including phenoxy) is 2. The Balaban J connectivity index is 1.80. The molecule has 3 aromatic carbocycles. The summed E-state index contributed by atoms with van der Waals surface area (Å²) in [7, 11) is 3.36. The van der Waals surface area contributed by atoms with Gasteiger partial charge in [-0.05, 0) is 52.6 Å². The van der Waals surface area contributed by atoms with E-state index in [0.29, 0.717) is 0 Å². The van der Waals surface area contributed by atoms with Crippen LogP contribution in [0.2, 0.25) is 0 Å². The van der Waals surface area contributed by atoms with Crippen LogP contribution >= 0.6 is 11.8 Å². The second-order valence-corrected chi connectivity index (χ2v) is 8.48. The van der Waals surface area contributed by atoms with Gasteiger partial charge in [-0.15, -0.1) is 11.8 Å². The van der Waals surface area contributed by atoms with Gasteiger partial charge in [0.05, 0.1) is 14.2 Å². The van der Waals surface area contributed by atoms with E-state index >= 15 is 0 Å². The molecular formula is C26H24O4S. The number of benzene rings is 3. The van der Waals surface area contributed by atoms with Gasteiger partial charge in [0.15, 0.2) is 0 Å². The molecule has 0 bridgehead atoms. The molecule has 1 N–H and O–H groups in total. The molecule has 158 valence electrons. The summed E-state index contributed by atoms with van der Waals surface area (Å²) in [5.41, 5.74) is 4.56. The third kappa shape index (κ3) is 4.62. The second-order valence-electron chi connectivity index (χ2n) is 7.41. The summed E-state index contributed by atoms with van der Waals surface area (Å²) in [6, 6.07) is 22.7. The first-order valence-corrected chi connectivity index (χ1v) is 11.0. The fraction of sp³-hybridized carbons (Fsp3) is 0.192. The number of hydrogen-bond donors (Lipinski definition) is 1. The van der Waals surface area contributed by atoms with Crippen molar-refractivity contribution in [3.8, 4) is 11.5 Å². The van der Waals surface area contributed by atoms with Crippen LogP contribution < -0.4 is 9.47 Å². The van der Waals surface area contributed by atoms with Gasteiger partial charge in [-0.1, -0.05) is 42.5 Å². The van der Waals surface area contributed by atoms with Crippen molar-refractivity contribution >= 4 is 23.8 Å². The van der Waals surface area contributed by atoms with Gasteiger partial charge in [-0.25, -0.2) is 4.79 Å². The summed E-state index contributed by atoms with van der Waals surface area (Å²) in [6.07, 6.45) is 2.82. The zero-order chi connectivity index (χ0) is 21.8. The summed E-state index contributed by atoms with van der Waals surface area (Å²) in [4.78, 5) is 12.2. The first-order chi connectivity index (χ1) is 15.1. The molecule has 0 spiro atoms. The van der Waals surface area contributed by atoms with Crippen LogP contribution in [0.3, 0.4) is 0 Å². The molecule has 4 rings (SSSR count). The number of carboxylic acid groups (broad SMARTS) is 1. The van der Waals surface area contributed by atoms with Gasteiger partial charge in [-0.3, -0.25) is 0 Å². The zero-order valence-corrected chi connectivity index (χ0v) is 18.3. The molecule has 0 radical (unpaired) electrons. The second kappa shape index (κ2) is 9.31. The summed E-state index contributed by atoms with van der Waals surface area (Å²) >= 11 is 1.84. The molecule has 2 unspecified atom stereocenters. The maximum absolute atomic E-state index is 11.0. The molecule has 2 atom stereocenters.